The van der Waals surface area contributed by atoms with Crippen molar-refractivity contribution in [3.05, 3.63) is 18.0 Å². The van der Waals surface area contributed by atoms with Crippen LogP contribution in [-0.4, -0.2) is 45.2 Å². The Morgan fingerprint density at radius 2 is 2.29 bits per heavy atom. The number of aliphatic hydroxyl groups excluding tert-OH is 2. The topological polar surface area (TPSA) is 87.4 Å². The highest BCUT2D eigenvalue weighted by molar-refractivity contribution is 5.92. The highest BCUT2D eigenvalue weighted by Crippen LogP contribution is 1.96. The van der Waals surface area contributed by atoms with E-state index >= 15 is 0 Å². The van der Waals surface area contributed by atoms with Crippen LogP contribution < -0.4 is 5.32 Å². The molecule has 1 heterocycles. The summed E-state index contributed by atoms with van der Waals surface area (Å²) in [7, 11) is 1.64. The van der Waals surface area contributed by atoms with E-state index in [0.717, 1.165) is 0 Å². The summed E-state index contributed by atoms with van der Waals surface area (Å²) in [4.78, 5) is 11.5. The summed E-state index contributed by atoms with van der Waals surface area (Å²) < 4.78 is 1.42. The van der Waals surface area contributed by atoms with Crippen molar-refractivity contribution in [2.45, 2.75) is 6.04 Å². The Morgan fingerprint density at radius 1 is 1.64 bits per heavy atom. The first kappa shape index (κ1) is 10.7. The first-order chi connectivity index (χ1) is 6.69. The summed E-state index contributed by atoms with van der Waals surface area (Å²) in [5, 5.41) is 23.8. The van der Waals surface area contributed by atoms with Gasteiger partial charge in [0.1, 0.15) is 5.69 Å². The molecule has 1 amide bonds. The second-order valence-electron chi connectivity index (χ2n) is 2.88. The van der Waals surface area contributed by atoms with Gasteiger partial charge in [-0.25, -0.2) is 0 Å². The fourth-order valence-corrected chi connectivity index (χ4v) is 1.01. The third kappa shape index (κ3) is 2.30. The minimum Gasteiger partial charge on any atom is -0.394 e. The standard InChI is InChI=1S/C8H13N3O3/c1-11-7(2-3-9-11)8(14)10-6(4-12)5-13/h2-3,6,12-13H,4-5H2,1H3,(H,10,14). The van der Waals surface area contributed by atoms with E-state index < -0.39 is 6.04 Å². The van der Waals surface area contributed by atoms with Gasteiger partial charge in [-0.2, -0.15) is 5.10 Å². The monoisotopic (exact) mass is 199 g/mol. The number of hydrogen-bond acceptors (Lipinski definition) is 4. The number of rotatable bonds is 4. The van der Waals surface area contributed by atoms with E-state index in [-0.39, 0.29) is 19.1 Å². The molecule has 0 aliphatic carbocycles. The molecule has 0 radical (unpaired) electrons. The Morgan fingerprint density at radius 3 is 2.71 bits per heavy atom. The number of nitrogens with one attached hydrogen (secondary N) is 1. The summed E-state index contributed by atoms with van der Waals surface area (Å²) in [6.07, 6.45) is 1.50. The zero-order valence-corrected chi connectivity index (χ0v) is 7.84. The van der Waals surface area contributed by atoms with Gasteiger partial charge in [0.25, 0.3) is 5.91 Å². The number of aromatic nitrogens is 2. The van der Waals surface area contributed by atoms with Crippen LogP contribution in [0.2, 0.25) is 0 Å². The normalized spacial score (nSPS) is 10.6. The number of amides is 1. The highest BCUT2D eigenvalue weighted by Gasteiger charge is 2.14. The number of carbonyl (C=O) groups is 1. The van der Waals surface area contributed by atoms with Crippen molar-refractivity contribution in [1.82, 2.24) is 15.1 Å². The molecule has 1 rings (SSSR count). The maximum absolute atomic E-state index is 11.5. The van der Waals surface area contributed by atoms with Crippen LogP contribution in [0.4, 0.5) is 0 Å². The quantitative estimate of drug-likeness (QED) is 0.551. The fourth-order valence-electron chi connectivity index (χ4n) is 1.01. The second-order valence-corrected chi connectivity index (χ2v) is 2.88. The van der Waals surface area contributed by atoms with E-state index in [1.165, 1.54) is 10.9 Å². The minimum absolute atomic E-state index is 0.292. The molecule has 0 saturated carbocycles. The predicted octanol–water partition coefficient (Wildman–Crippen LogP) is -1.50. The molecule has 0 fully saturated rings. The lowest BCUT2D eigenvalue weighted by atomic mass is 10.3. The highest BCUT2D eigenvalue weighted by atomic mass is 16.3. The molecule has 0 spiro atoms. The van der Waals surface area contributed by atoms with Gasteiger partial charge in [0.05, 0.1) is 19.3 Å². The number of aliphatic hydroxyl groups is 2. The van der Waals surface area contributed by atoms with Crippen LogP contribution in [0, 0.1) is 0 Å². The summed E-state index contributed by atoms with van der Waals surface area (Å²) in [6, 6.07) is 0.929. The average Bonchev–Trinajstić information content (AvgIpc) is 2.60. The number of carbonyl (C=O) groups excluding carboxylic acids is 1. The van der Waals surface area contributed by atoms with Crippen LogP contribution in [0.15, 0.2) is 12.3 Å². The lowest BCUT2D eigenvalue weighted by Crippen LogP contribution is -2.40. The third-order valence-electron chi connectivity index (χ3n) is 1.83. The molecule has 0 unspecified atom stereocenters. The molecule has 1 aromatic rings. The van der Waals surface area contributed by atoms with Gasteiger partial charge in [0.15, 0.2) is 0 Å². The largest absolute Gasteiger partial charge is 0.394 e. The number of nitrogens with zero attached hydrogens (tertiary/aromatic N) is 2. The molecule has 14 heavy (non-hydrogen) atoms. The number of aryl methyl sites for hydroxylation is 1. The van der Waals surface area contributed by atoms with E-state index in [1.54, 1.807) is 13.1 Å². The zero-order chi connectivity index (χ0) is 10.6. The van der Waals surface area contributed by atoms with Gasteiger partial charge in [-0.3, -0.25) is 9.48 Å². The second kappa shape index (κ2) is 4.73. The lowest BCUT2D eigenvalue weighted by Gasteiger charge is -2.12. The van der Waals surface area contributed by atoms with E-state index in [9.17, 15) is 4.79 Å². The molecule has 0 bridgehead atoms. The molecule has 78 valence electrons. The third-order valence-corrected chi connectivity index (χ3v) is 1.83. The maximum atomic E-state index is 11.5. The zero-order valence-electron chi connectivity index (χ0n) is 7.84. The first-order valence-electron chi connectivity index (χ1n) is 4.19. The van der Waals surface area contributed by atoms with Crippen LogP contribution in [0.3, 0.4) is 0 Å². The van der Waals surface area contributed by atoms with E-state index in [0.29, 0.717) is 5.69 Å². The van der Waals surface area contributed by atoms with Crippen LogP contribution >= 0.6 is 0 Å². The summed E-state index contributed by atoms with van der Waals surface area (Å²) in [5.74, 6) is -0.363. The van der Waals surface area contributed by atoms with Crippen molar-refractivity contribution in [2.24, 2.45) is 7.05 Å². The minimum atomic E-state index is -0.627. The van der Waals surface area contributed by atoms with E-state index in [2.05, 4.69) is 10.4 Å². The summed E-state index contributed by atoms with van der Waals surface area (Å²) in [6.45, 7) is -0.583. The van der Waals surface area contributed by atoms with Crippen molar-refractivity contribution in [2.75, 3.05) is 13.2 Å². The molecule has 0 saturated heterocycles. The van der Waals surface area contributed by atoms with Gasteiger partial charge >= 0.3 is 0 Å². The molecule has 0 aliphatic rings. The van der Waals surface area contributed by atoms with Gasteiger partial charge in [0.2, 0.25) is 0 Å². The number of hydrogen-bond donors (Lipinski definition) is 3. The van der Waals surface area contributed by atoms with Crippen LogP contribution in [0.1, 0.15) is 10.5 Å². The van der Waals surface area contributed by atoms with Gasteiger partial charge in [-0.15, -0.1) is 0 Å². The smallest absolute Gasteiger partial charge is 0.269 e. The molecule has 0 aliphatic heterocycles. The molecular weight excluding hydrogens is 186 g/mol. The molecule has 6 heteroatoms. The Hall–Kier alpha value is -1.40. The first-order valence-corrected chi connectivity index (χ1v) is 4.19. The van der Waals surface area contributed by atoms with Gasteiger partial charge in [-0.05, 0) is 6.07 Å². The Kier molecular flexibility index (Phi) is 3.61. The molecule has 3 N–H and O–H groups in total. The summed E-state index contributed by atoms with van der Waals surface area (Å²) >= 11 is 0. The molecule has 0 aromatic carbocycles. The Labute approximate surface area is 81.2 Å². The Bertz CT molecular complexity index is 307. The predicted molar refractivity (Wildman–Crippen MR) is 48.6 cm³/mol. The van der Waals surface area contributed by atoms with Crippen molar-refractivity contribution in [3.8, 4) is 0 Å². The SMILES string of the molecule is Cn1nccc1C(=O)NC(CO)CO. The van der Waals surface area contributed by atoms with Crippen LogP contribution in [0.5, 0.6) is 0 Å². The fraction of sp³-hybridized carbons (Fsp3) is 0.500. The lowest BCUT2D eigenvalue weighted by molar-refractivity contribution is 0.0870. The van der Waals surface area contributed by atoms with Crippen molar-refractivity contribution >= 4 is 5.91 Å². The van der Waals surface area contributed by atoms with Crippen LogP contribution in [0.25, 0.3) is 0 Å². The van der Waals surface area contributed by atoms with Gasteiger partial charge in [-0.1, -0.05) is 0 Å². The maximum Gasteiger partial charge on any atom is 0.269 e. The molecule has 6 nitrogen and oxygen atoms in total. The van der Waals surface area contributed by atoms with Gasteiger partial charge < -0.3 is 15.5 Å². The van der Waals surface area contributed by atoms with Crippen molar-refractivity contribution in [1.29, 1.82) is 0 Å². The van der Waals surface area contributed by atoms with Gasteiger partial charge in [0, 0.05) is 13.2 Å². The van der Waals surface area contributed by atoms with Crippen molar-refractivity contribution in [3.63, 3.8) is 0 Å². The Balaban J connectivity index is 2.63. The summed E-state index contributed by atoms with van der Waals surface area (Å²) in [5.41, 5.74) is 0.386. The van der Waals surface area contributed by atoms with E-state index in [4.69, 9.17) is 10.2 Å². The average molecular weight is 199 g/mol. The van der Waals surface area contributed by atoms with Crippen LogP contribution in [-0.2, 0) is 7.05 Å². The molecule has 1 aromatic heterocycles. The molecular formula is C8H13N3O3. The van der Waals surface area contributed by atoms with E-state index in [1.807, 2.05) is 0 Å². The van der Waals surface area contributed by atoms with Crippen molar-refractivity contribution < 1.29 is 15.0 Å². The molecule has 0 atom stereocenters.